The van der Waals surface area contributed by atoms with Crippen molar-refractivity contribution in [1.82, 2.24) is 5.32 Å². The van der Waals surface area contributed by atoms with Crippen molar-refractivity contribution in [2.75, 3.05) is 13.7 Å². The topological polar surface area (TPSA) is 64.3 Å². The van der Waals surface area contributed by atoms with E-state index in [2.05, 4.69) is 21.2 Å². The molecule has 22 heavy (non-hydrogen) atoms. The van der Waals surface area contributed by atoms with Gasteiger partial charge in [-0.2, -0.15) is 0 Å². The van der Waals surface area contributed by atoms with Crippen molar-refractivity contribution >= 4 is 21.8 Å². The first-order valence-corrected chi connectivity index (χ1v) is 7.85. The van der Waals surface area contributed by atoms with Crippen molar-refractivity contribution in [3.8, 4) is 5.75 Å². The molecule has 1 fully saturated rings. The molecule has 7 heteroatoms. The Labute approximate surface area is 136 Å². The minimum atomic E-state index is -2.66. The zero-order valence-electron chi connectivity index (χ0n) is 12.2. The van der Waals surface area contributed by atoms with E-state index in [1.54, 1.807) is 7.11 Å². The van der Waals surface area contributed by atoms with Gasteiger partial charge in [0, 0.05) is 19.4 Å². The molecule has 1 aliphatic carbocycles. The number of methoxy groups -OCH3 is 1. The summed E-state index contributed by atoms with van der Waals surface area (Å²) < 4.78 is 31.6. The van der Waals surface area contributed by atoms with Crippen LogP contribution >= 0.6 is 15.9 Å². The number of rotatable bonds is 6. The molecule has 1 saturated carbocycles. The third kappa shape index (κ3) is 4.16. The van der Waals surface area contributed by atoms with Gasteiger partial charge >= 0.3 is 0 Å². The van der Waals surface area contributed by atoms with E-state index in [0.29, 0.717) is 13.0 Å². The van der Waals surface area contributed by atoms with Crippen LogP contribution < -0.4 is 15.8 Å². The molecule has 3 N–H and O–H groups in total. The van der Waals surface area contributed by atoms with E-state index in [0.717, 1.165) is 15.8 Å². The Bertz CT molecular complexity index is 546. The lowest BCUT2D eigenvalue weighted by Gasteiger charge is -2.37. The second-order valence-electron chi connectivity index (χ2n) is 5.56. The summed E-state index contributed by atoms with van der Waals surface area (Å²) >= 11 is 3.37. The quantitative estimate of drug-likeness (QED) is 0.801. The molecule has 1 aliphatic rings. The standard InChI is InChI=1S/C15H19BrF2N2O2/c1-22-12-6-9(2-3-11(12)16)4-5-20-14(21)13(19)10-7-15(17,18)8-10/h2-3,6,10,13H,4-5,7-8,19H2,1H3,(H,20,21). The van der Waals surface area contributed by atoms with Gasteiger partial charge in [-0.1, -0.05) is 6.07 Å². The Morgan fingerprint density at radius 2 is 2.23 bits per heavy atom. The van der Waals surface area contributed by atoms with Gasteiger partial charge in [-0.25, -0.2) is 8.78 Å². The number of alkyl halides is 2. The Morgan fingerprint density at radius 1 is 1.55 bits per heavy atom. The Hall–Kier alpha value is -1.21. The minimum absolute atomic E-state index is 0.300. The van der Waals surface area contributed by atoms with Crippen LogP contribution in [0, 0.1) is 5.92 Å². The maximum absolute atomic E-state index is 12.8. The first-order chi connectivity index (χ1) is 10.3. The van der Waals surface area contributed by atoms with Crippen molar-refractivity contribution in [2.24, 2.45) is 11.7 Å². The van der Waals surface area contributed by atoms with Gasteiger partial charge in [0.1, 0.15) is 5.75 Å². The highest BCUT2D eigenvalue weighted by atomic mass is 79.9. The molecule has 1 aromatic rings. The van der Waals surface area contributed by atoms with Gasteiger partial charge in [0.2, 0.25) is 11.8 Å². The third-order valence-corrected chi connectivity index (χ3v) is 4.52. The normalized spacial score (nSPS) is 18.4. The van der Waals surface area contributed by atoms with E-state index in [4.69, 9.17) is 10.5 Å². The average molecular weight is 377 g/mol. The molecule has 0 radical (unpaired) electrons. The second kappa shape index (κ2) is 6.91. The number of nitrogens with two attached hydrogens (primary N) is 1. The van der Waals surface area contributed by atoms with E-state index >= 15 is 0 Å². The summed E-state index contributed by atoms with van der Waals surface area (Å²) in [5.41, 5.74) is 6.72. The maximum atomic E-state index is 12.8. The molecule has 1 unspecified atom stereocenters. The van der Waals surface area contributed by atoms with Crippen LogP contribution in [0.15, 0.2) is 22.7 Å². The highest BCUT2D eigenvalue weighted by Gasteiger charge is 2.49. The minimum Gasteiger partial charge on any atom is -0.496 e. The first-order valence-electron chi connectivity index (χ1n) is 7.06. The third-order valence-electron chi connectivity index (χ3n) is 3.86. The van der Waals surface area contributed by atoms with Crippen LogP contribution in [0.5, 0.6) is 5.75 Å². The number of carbonyl (C=O) groups excluding carboxylic acids is 1. The molecule has 122 valence electrons. The fourth-order valence-electron chi connectivity index (χ4n) is 2.48. The highest BCUT2D eigenvalue weighted by Crippen LogP contribution is 2.43. The lowest BCUT2D eigenvalue weighted by Crippen LogP contribution is -2.53. The molecule has 0 bridgehead atoms. The molecular formula is C15H19BrF2N2O2. The van der Waals surface area contributed by atoms with Crippen LogP contribution in [0.4, 0.5) is 8.78 Å². The van der Waals surface area contributed by atoms with Crippen molar-refractivity contribution in [3.05, 3.63) is 28.2 Å². The SMILES string of the molecule is COc1cc(CCNC(=O)C(N)C2CC(F)(F)C2)ccc1Br. The molecule has 2 rings (SSSR count). The first kappa shape index (κ1) is 17.1. The molecule has 0 aromatic heterocycles. The van der Waals surface area contributed by atoms with Gasteiger partial charge in [0.05, 0.1) is 17.6 Å². The van der Waals surface area contributed by atoms with Crippen molar-refractivity contribution < 1.29 is 18.3 Å². The van der Waals surface area contributed by atoms with Crippen LogP contribution in [-0.4, -0.2) is 31.5 Å². The fraction of sp³-hybridized carbons (Fsp3) is 0.533. The lowest BCUT2D eigenvalue weighted by molar-refractivity contribution is -0.137. The van der Waals surface area contributed by atoms with Crippen LogP contribution in [-0.2, 0) is 11.2 Å². The van der Waals surface area contributed by atoms with Crippen molar-refractivity contribution in [3.63, 3.8) is 0 Å². The van der Waals surface area contributed by atoms with Crippen LogP contribution in [0.1, 0.15) is 18.4 Å². The van der Waals surface area contributed by atoms with Gasteiger partial charge in [-0.15, -0.1) is 0 Å². The van der Waals surface area contributed by atoms with Crippen LogP contribution in [0.2, 0.25) is 0 Å². The van der Waals surface area contributed by atoms with E-state index < -0.39 is 17.9 Å². The maximum Gasteiger partial charge on any atom is 0.248 e. The van der Waals surface area contributed by atoms with Crippen LogP contribution in [0.25, 0.3) is 0 Å². The predicted molar refractivity (Wildman–Crippen MR) is 83.1 cm³/mol. The second-order valence-corrected chi connectivity index (χ2v) is 6.41. The lowest BCUT2D eigenvalue weighted by atomic mass is 9.76. The van der Waals surface area contributed by atoms with Crippen molar-refractivity contribution in [2.45, 2.75) is 31.2 Å². The number of hydrogen-bond donors (Lipinski definition) is 2. The summed E-state index contributed by atoms with van der Waals surface area (Å²) in [6.07, 6.45) is 0.0138. The van der Waals surface area contributed by atoms with Gasteiger partial charge in [-0.3, -0.25) is 4.79 Å². The number of carbonyl (C=O) groups is 1. The van der Waals surface area contributed by atoms with E-state index in [-0.39, 0.29) is 18.7 Å². The van der Waals surface area contributed by atoms with Crippen LogP contribution in [0.3, 0.4) is 0 Å². The number of halogens is 3. The summed E-state index contributed by atoms with van der Waals surface area (Å²) in [5.74, 6) is -2.74. The van der Waals surface area contributed by atoms with Gasteiger partial charge in [0.15, 0.2) is 0 Å². The molecular weight excluding hydrogens is 358 g/mol. The fourth-order valence-corrected chi connectivity index (χ4v) is 2.89. The Morgan fingerprint density at radius 3 is 2.82 bits per heavy atom. The van der Waals surface area contributed by atoms with E-state index in [1.807, 2.05) is 18.2 Å². The summed E-state index contributed by atoms with van der Waals surface area (Å²) in [7, 11) is 1.58. The summed E-state index contributed by atoms with van der Waals surface area (Å²) in [5, 5.41) is 2.70. The summed E-state index contributed by atoms with van der Waals surface area (Å²) in [6.45, 7) is 0.403. The molecule has 0 heterocycles. The van der Waals surface area contributed by atoms with Gasteiger partial charge in [0.25, 0.3) is 0 Å². The zero-order valence-corrected chi connectivity index (χ0v) is 13.8. The number of benzene rings is 1. The largest absolute Gasteiger partial charge is 0.496 e. The highest BCUT2D eigenvalue weighted by molar-refractivity contribution is 9.10. The predicted octanol–water partition coefficient (Wildman–Crippen LogP) is 2.49. The van der Waals surface area contributed by atoms with E-state index in [1.165, 1.54) is 0 Å². The molecule has 1 amide bonds. The number of amides is 1. The molecule has 0 spiro atoms. The Kier molecular flexibility index (Phi) is 5.39. The smallest absolute Gasteiger partial charge is 0.248 e. The molecule has 1 aromatic carbocycles. The Balaban J connectivity index is 1.77. The van der Waals surface area contributed by atoms with Gasteiger partial charge in [-0.05, 0) is 46.0 Å². The number of hydrogen-bond acceptors (Lipinski definition) is 3. The molecule has 0 saturated heterocycles. The summed E-state index contributed by atoms with van der Waals surface area (Å²) in [6, 6.07) is 4.81. The molecule has 4 nitrogen and oxygen atoms in total. The number of ether oxygens (including phenoxy) is 1. The monoisotopic (exact) mass is 376 g/mol. The van der Waals surface area contributed by atoms with Crippen molar-refractivity contribution in [1.29, 1.82) is 0 Å². The zero-order chi connectivity index (χ0) is 16.3. The molecule has 0 aliphatic heterocycles. The average Bonchev–Trinajstić information content (AvgIpc) is 2.45. The number of nitrogens with one attached hydrogen (secondary N) is 1. The van der Waals surface area contributed by atoms with Gasteiger partial charge < -0.3 is 15.8 Å². The molecule has 1 atom stereocenters. The summed E-state index contributed by atoms with van der Waals surface area (Å²) in [4.78, 5) is 11.8. The van der Waals surface area contributed by atoms with E-state index in [9.17, 15) is 13.6 Å².